The Morgan fingerprint density at radius 3 is 2.56 bits per heavy atom. The molecule has 1 aromatic carbocycles. The molecule has 27 heavy (non-hydrogen) atoms. The first-order valence-corrected chi connectivity index (χ1v) is 9.66. The van der Waals surface area contributed by atoms with Crippen molar-refractivity contribution in [1.82, 2.24) is 10.3 Å². The van der Waals surface area contributed by atoms with E-state index in [1.165, 1.54) is 0 Å². The van der Waals surface area contributed by atoms with Gasteiger partial charge in [-0.25, -0.2) is 9.78 Å². The number of nitrogens with one attached hydrogen (secondary N) is 2. The molecule has 0 bridgehead atoms. The number of anilines is 1. The minimum absolute atomic E-state index is 0.0930. The first-order valence-electron chi connectivity index (χ1n) is 8.44. The van der Waals surface area contributed by atoms with E-state index >= 15 is 0 Å². The number of ether oxygens (including phenoxy) is 2. The number of carbonyl (C=O) groups excluding carboxylic acids is 2. The maximum atomic E-state index is 12.3. The molecule has 7 nitrogen and oxygen atoms in total. The van der Waals surface area contributed by atoms with Crippen LogP contribution >= 0.6 is 23.6 Å². The number of nitrogens with zero attached hydrogens (tertiary/aromatic N) is 1. The fraction of sp³-hybridized carbons (Fsp3) is 0.333. The summed E-state index contributed by atoms with van der Waals surface area (Å²) in [6, 6.07) is 6.79. The lowest BCUT2D eigenvalue weighted by Gasteiger charge is -2.08. The van der Waals surface area contributed by atoms with Crippen LogP contribution in [0.2, 0.25) is 0 Å². The van der Waals surface area contributed by atoms with Crippen LogP contribution in [0.4, 0.5) is 5.13 Å². The van der Waals surface area contributed by atoms with E-state index in [2.05, 4.69) is 15.6 Å². The highest BCUT2D eigenvalue weighted by atomic mass is 32.1. The molecule has 0 aliphatic carbocycles. The molecule has 0 spiro atoms. The average Bonchev–Trinajstić information content (AvgIpc) is 3.00. The van der Waals surface area contributed by atoms with Gasteiger partial charge >= 0.3 is 5.97 Å². The van der Waals surface area contributed by atoms with Gasteiger partial charge in [-0.2, -0.15) is 0 Å². The maximum Gasteiger partial charge on any atom is 0.350 e. The maximum absolute atomic E-state index is 12.3. The third-order valence-electron chi connectivity index (χ3n) is 3.29. The van der Waals surface area contributed by atoms with E-state index in [4.69, 9.17) is 21.7 Å². The van der Waals surface area contributed by atoms with Crippen LogP contribution in [0.5, 0.6) is 5.75 Å². The van der Waals surface area contributed by atoms with Gasteiger partial charge in [-0.05, 0) is 56.8 Å². The molecule has 2 rings (SSSR count). The molecule has 0 unspecified atom stereocenters. The van der Waals surface area contributed by atoms with Gasteiger partial charge in [0.25, 0.3) is 5.91 Å². The summed E-state index contributed by atoms with van der Waals surface area (Å²) in [5.41, 5.74) is 0.989. The molecule has 2 aromatic rings. The number of aryl methyl sites for hydroxylation is 1. The molecular formula is C18H21N3O4S2. The Labute approximate surface area is 167 Å². The summed E-state index contributed by atoms with van der Waals surface area (Å²) in [6.45, 7) is 6.38. The number of carbonyl (C=O) groups is 2. The summed E-state index contributed by atoms with van der Waals surface area (Å²) >= 11 is 6.26. The highest BCUT2D eigenvalue weighted by Crippen LogP contribution is 2.23. The van der Waals surface area contributed by atoms with Crippen molar-refractivity contribution in [2.45, 2.75) is 27.2 Å². The van der Waals surface area contributed by atoms with Crippen LogP contribution in [0.3, 0.4) is 0 Å². The average molecular weight is 408 g/mol. The predicted molar refractivity (Wildman–Crippen MR) is 109 cm³/mol. The van der Waals surface area contributed by atoms with Crippen LogP contribution in [-0.4, -0.2) is 35.2 Å². The van der Waals surface area contributed by atoms with Crippen molar-refractivity contribution < 1.29 is 19.1 Å². The van der Waals surface area contributed by atoms with Gasteiger partial charge in [0.15, 0.2) is 10.2 Å². The minimum atomic E-state index is -0.430. The van der Waals surface area contributed by atoms with Gasteiger partial charge in [0, 0.05) is 5.56 Å². The summed E-state index contributed by atoms with van der Waals surface area (Å²) in [4.78, 5) is 28.7. The van der Waals surface area contributed by atoms with Crippen LogP contribution in [0.15, 0.2) is 24.3 Å². The van der Waals surface area contributed by atoms with Crippen LogP contribution < -0.4 is 15.4 Å². The number of benzene rings is 1. The molecule has 0 fully saturated rings. The Morgan fingerprint density at radius 2 is 1.93 bits per heavy atom. The molecule has 1 aromatic heterocycles. The smallest absolute Gasteiger partial charge is 0.350 e. The van der Waals surface area contributed by atoms with Crippen molar-refractivity contribution in [2.75, 3.05) is 18.5 Å². The van der Waals surface area contributed by atoms with Crippen LogP contribution in [0.1, 0.15) is 46.0 Å². The quantitative estimate of drug-likeness (QED) is 0.536. The Morgan fingerprint density at radius 1 is 1.22 bits per heavy atom. The molecule has 2 N–H and O–H groups in total. The lowest BCUT2D eigenvalue weighted by atomic mass is 10.2. The molecule has 0 radical (unpaired) electrons. The van der Waals surface area contributed by atoms with Gasteiger partial charge in [-0.1, -0.05) is 18.3 Å². The Balaban J connectivity index is 1.94. The number of rotatable bonds is 7. The van der Waals surface area contributed by atoms with E-state index in [0.717, 1.165) is 17.8 Å². The normalized spacial score (nSPS) is 10.2. The third-order valence-corrected chi connectivity index (χ3v) is 4.55. The predicted octanol–water partition coefficient (Wildman–Crippen LogP) is 3.54. The lowest BCUT2D eigenvalue weighted by Crippen LogP contribution is -2.34. The summed E-state index contributed by atoms with van der Waals surface area (Å²) in [5.74, 6) is -0.0758. The summed E-state index contributed by atoms with van der Waals surface area (Å²) in [6.07, 6.45) is 0.913. The molecule has 0 saturated heterocycles. The second-order valence-electron chi connectivity index (χ2n) is 5.44. The second-order valence-corrected chi connectivity index (χ2v) is 6.84. The number of esters is 1. The largest absolute Gasteiger partial charge is 0.494 e. The van der Waals surface area contributed by atoms with Crippen LogP contribution in [-0.2, 0) is 4.74 Å². The van der Waals surface area contributed by atoms with Crippen molar-refractivity contribution >= 4 is 45.7 Å². The van der Waals surface area contributed by atoms with E-state index in [1.54, 1.807) is 38.1 Å². The number of amides is 1. The Kier molecular flexibility index (Phi) is 7.68. The summed E-state index contributed by atoms with van der Waals surface area (Å²) in [7, 11) is 0. The summed E-state index contributed by atoms with van der Waals surface area (Å²) < 4.78 is 10.5. The van der Waals surface area contributed by atoms with Crippen molar-refractivity contribution in [3.63, 3.8) is 0 Å². The van der Waals surface area contributed by atoms with E-state index in [-0.39, 0.29) is 17.6 Å². The molecule has 9 heteroatoms. The van der Waals surface area contributed by atoms with Crippen molar-refractivity contribution in [3.05, 3.63) is 40.4 Å². The van der Waals surface area contributed by atoms with Crippen LogP contribution in [0, 0.1) is 6.92 Å². The topological polar surface area (TPSA) is 89.5 Å². The van der Waals surface area contributed by atoms with Gasteiger partial charge in [0.1, 0.15) is 10.6 Å². The fourth-order valence-corrected chi connectivity index (χ4v) is 3.18. The molecular weight excluding hydrogens is 386 g/mol. The number of hydrogen-bond acceptors (Lipinski definition) is 7. The van der Waals surface area contributed by atoms with Gasteiger partial charge in [0.05, 0.1) is 18.9 Å². The number of thiazole rings is 1. The standard InChI is InChI=1S/C18H21N3O4S2/c1-4-10-25-13-8-6-12(7-9-13)15(22)20-17(26)21-18-19-11(3)14(27-18)16(23)24-5-2/h6-9H,4-5,10H2,1-3H3,(H2,19,20,21,22,26). The lowest BCUT2D eigenvalue weighted by molar-refractivity contribution is 0.0531. The highest BCUT2D eigenvalue weighted by Gasteiger charge is 2.17. The monoisotopic (exact) mass is 407 g/mol. The zero-order valence-electron chi connectivity index (χ0n) is 15.3. The third kappa shape index (κ3) is 6.00. The minimum Gasteiger partial charge on any atom is -0.494 e. The van der Waals surface area contributed by atoms with Gasteiger partial charge < -0.3 is 14.8 Å². The van der Waals surface area contributed by atoms with Gasteiger partial charge in [-0.15, -0.1) is 0 Å². The number of hydrogen-bond donors (Lipinski definition) is 2. The van der Waals surface area contributed by atoms with Gasteiger partial charge in [0.2, 0.25) is 0 Å². The molecule has 0 aliphatic rings. The zero-order chi connectivity index (χ0) is 19.8. The fourth-order valence-electron chi connectivity index (χ4n) is 2.06. The first kappa shape index (κ1) is 20.8. The van der Waals surface area contributed by atoms with Crippen molar-refractivity contribution in [1.29, 1.82) is 0 Å². The number of aromatic nitrogens is 1. The second kappa shape index (κ2) is 9.98. The van der Waals surface area contributed by atoms with E-state index < -0.39 is 5.97 Å². The number of thiocarbonyl (C=S) groups is 1. The molecule has 0 saturated carbocycles. The van der Waals surface area contributed by atoms with E-state index in [1.807, 2.05) is 6.92 Å². The highest BCUT2D eigenvalue weighted by molar-refractivity contribution is 7.80. The molecule has 144 valence electrons. The Hall–Kier alpha value is -2.52. The molecule has 1 amide bonds. The Bertz CT molecular complexity index is 819. The molecule has 0 aliphatic heterocycles. The van der Waals surface area contributed by atoms with Crippen LogP contribution in [0.25, 0.3) is 0 Å². The first-order chi connectivity index (χ1) is 12.9. The SMILES string of the molecule is CCCOc1ccc(C(=O)NC(=S)Nc2nc(C)c(C(=O)OCC)s2)cc1. The molecule has 0 atom stereocenters. The zero-order valence-corrected chi connectivity index (χ0v) is 17.0. The van der Waals surface area contributed by atoms with Crippen molar-refractivity contribution in [2.24, 2.45) is 0 Å². The molecule has 1 heterocycles. The van der Waals surface area contributed by atoms with E-state index in [9.17, 15) is 9.59 Å². The van der Waals surface area contributed by atoms with Crippen molar-refractivity contribution in [3.8, 4) is 5.75 Å². The van der Waals surface area contributed by atoms with Gasteiger partial charge in [-0.3, -0.25) is 10.1 Å². The summed E-state index contributed by atoms with van der Waals surface area (Å²) in [5, 5.41) is 5.90. The van der Waals surface area contributed by atoms with E-state index in [0.29, 0.717) is 33.6 Å².